The summed E-state index contributed by atoms with van der Waals surface area (Å²) in [6.45, 7) is 0. The van der Waals surface area contributed by atoms with Crippen molar-refractivity contribution < 1.29 is 13.2 Å². The van der Waals surface area contributed by atoms with Crippen LogP contribution in [0.3, 0.4) is 0 Å². The highest BCUT2D eigenvalue weighted by Crippen LogP contribution is 2.08. The van der Waals surface area contributed by atoms with Gasteiger partial charge in [-0.15, -0.1) is 0 Å². The van der Waals surface area contributed by atoms with Crippen LogP contribution in [0, 0.1) is 11.3 Å². The van der Waals surface area contributed by atoms with Crippen LogP contribution in [0.2, 0.25) is 0 Å². The molecular weight excluding hydrogens is 240 g/mol. The Balaban J connectivity index is 2.77. The molecule has 0 aliphatic rings. The Morgan fingerprint density at radius 1 is 1.35 bits per heavy atom. The van der Waals surface area contributed by atoms with Crippen molar-refractivity contribution in [2.45, 2.75) is 5.75 Å². The monoisotopic (exact) mass is 252 g/mol. The summed E-state index contributed by atoms with van der Waals surface area (Å²) >= 11 is 0. The van der Waals surface area contributed by atoms with Crippen molar-refractivity contribution in [2.75, 3.05) is 12.8 Å². The van der Waals surface area contributed by atoms with Crippen LogP contribution in [-0.2, 0) is 20.4 Å². The third kappa shape index (κ3) is 4.25. The Kier molecular flexibility index (Phi) is 4.24. The van der Waals surface area contributed by atoms with E-state index in [1.54, 1.807) is 24.3 Å². The van der Waals surface area contributed by atoms with E-state index in [0.717, 1.165) is 0 Å². The molecule has 1 amide bonds. The van der Waals surface area contributed by atoms with E-state index < -0.39 is 21.5 Å². The normalized spacial score (nSPS) is 10.6. The van der Waals surface area contributed by atoms with Crippen molar-refractivity contribution in [3.63, 3.8) is 0 Å². The minimum absolute atomic E-state index is 0.202. The third-order valence-corrected chi connectivity index (χ3v) is 3.57. The maximum atomic E-state index is 11.6. The number of rotatable bonds is 4. The molecule has 0 spiro atoms. The van der Waals surface area contributed by atoms with Gasteiger partial charge in [-0.2, -0.15) is 5.26 Å². The molecule has 1 rings (SSSR count). The Bertz CT molecular complexity index is 541. The number of hydrogen-bond donors (Lipinski definition) is 1. The molecular formula is C11H12N2O3S. The predicted octanol–water partition coefficient (Wildman–Crippen LogP) is 0.219. The van der Waals surface area contributed by atoms with E-state index in [2.05, 4.69) is 5.32 Å². The van der Waals surface area contributed by atoms with Crippen LogP contribution in [0.5, 0.6) is 0 Å². The van der Waals surface area contributed by atoms with Crippen molar-refractivity contribution in [3.05, 3.63) is 35.4 Å². The summed E-state index contributed by atoms with van der Waals surface area (Å²) in [7, 11) is -2.07. The second-order valence-corrected chi connectivity index (χ2v) is 5.58. The molecule has 17 heavy (non-hydrogen) atoms. The Labute approximate surface area is 100.0 Å². The first-order valence-corrected chi connectivity index (χ1v) is 6.69. The van der Waals surface area contributed by atoms with Crippen LogP contribution in [-0.4, -0.2) is 27.1 Å². The number of carbonyl (C=O) groups excluding carboxylic acids is 1. The summed E-state index contributed by atoms with van der Waals surface area (Å²) in [6, 6.07) is 8.18. The molecule has 1 aromatic carbocycles. The maximum absolute atomic E-state index is 11.6. The van der Waals surface area contributed by atoms with Gasteiger partial charge in [0.15, 0.2) is 9.84 Å². The standard InChI is InChI=1S/C11H12N2O3S/c1-13-11(14)8-17(15,16)7-10-4-2-9(6-12)3-5-10/h2-5H,7-8H2,1H3,(H,13,14). The Morgan fingerprint density at radius 3 is 2.41 bits per heavy atom. The van der Waals surface area contributed by atoms with Gasteiger partial charge in [0.25, 0.3) is 0 Å². The summed E-state index contributed by atoms with van der Waals surface area (Å²) in [5.74, 6) is -1.26. The molecule has 0 radical (unpaired) electrons. The largest absolute Gasteiger partial charge is 0.358 e. The second kappa shape index (κ2) is 5.46. The van der Waals surface area contributed by atoms with E-state index in [1.165, 1.54) is 7.05 Å². The lowest BCUT2D eigenvalue weighted by Gasteiger charge is -2.03. The molecule has 1 aromatic rings. The lowest BCUT2D eigenvalue weighted by atomic mass is 10.2. The van der Waals surface area contributed by atoms with E-state index in [4.69, 9.17) is 5.26 Å². The molecule has 0 aliphatic carbocycles. The number of sulfone groups is 1. The number of nitrogens with zero attached hydrogens (tertiary/aromatic N) is 1. The molecule has 0 aliphatic heterocycles. The molecule has 6 heteroatoms. The Hall–Kier alpha value is -1.87. The van der Waals surface area contributed by atoms with Gasteiger partial charge in [-0.25, -0.2) is 8.42 Å². The second-order valence-electron chi connectivity index (χ2n) is 3.51. The highest BCUT2D eigenvalue weighted by Gasteiger charge is 2.16. The lowest BCUT2D eigenvalue weighted by Crippen LogP contribution is -2.27. The van der Waals surface area contributed by atoms with E-state index in [1.807, 2.05) is 6.07 Å². The number of hydrogen-bond acceptors (Lipinski definition) is 4. The van der Waals surface area contributed by atoms with Crippen molar-refractivity contribution in [3.8, 4) is 6.07 Å². The summed E-state index contributed by atoms with van der Waals surface area (Å²) in [4.78, 5) is 11.0. The lowest BCUT2D eigenvalue weighted by molar-refractivity contribution is -0.118. The Morgan fingerprint density at radius 2 is 1.94 bits per heavy atom. The van der Waals surface area contributed by atoms with Crippen LogP contribution in [0.15, 0.2) is 24.3 Å². The molecule has 0 bridgehead atoms. The molecule has 0 aromatic heterocycles. The van der Waals surface area contributed by atoms with Gasteiger partial charge in [0, 0.05) is 7.05 Å². The highest BCUT2D eigenvalue weighted by atomic mass is 32.2. The first-order chi connectivity index (χ1) is 7.96. The number of amides is 1. The molecule has 1 N–H and O–H groups in total. The van der Waals surface area contributed by atoms with Gasteiger partial charge in [0.1, 0.15) is 5.75 Å². The van der Waals surface area contributed by atoms with Crippen LogP contribution in [0.25, 0.3) is 0 Å². The van der Waals surface area contributed by atoms with Gasteiger partial charge in [-0.3, -0.25) is 4.79 Å². The zero-order chi connectivity index (χ0) is 12.9. The summed E-state index contributed by atoms with van der Waals surface area (Å²) < 4.78 is 23.2. The molecule has 0 unspecified atom stereocenters. The van der Waals surface area contributed by atoms with E-state index in [9.17, 15) is 13.2 Å². The van der Waals surface area contributed by atoms with E-state index >= 15 is 0 Å². The molecule has 0 fully saturated rings. The van der Waals surface area contributed by atoms with E-state index in [-0.39, 0.29) is 5.75 Å². The fraction of sp³-hybridized carbons (Fsp3) is 0.273. The molecule has 5 nitrogen and oxygen atoms in total. The molecule has 0 saturated carbocycles. The van der Waals surface area contributed by atoms with Crippen molar-refractivity contribution in [1.29, 1.82) is 5.26 Å². The summed E-state index contributed by atoms with van der Waals surface area (Å²) in [6.07, 6.45) is 0. The van der Waals surface area contributed by atoms with Crippen LogP contribution in [0.1, 0.15) is 11.1 Å². The zero-order valence-corrected chi connectivity index (χ0v) is 10.1. The predicted molar refractivity (Wildman–Crippen MR) is 62.7 cm³/mol. The molecule has 90 valence electrons. The number of benzene rings is 1. The summed E-state index contributed by atoms with van der Waals surface area (Å²) in [5.41, 5.74) is 1.03. The molecule has 0 heterocycles. The first kappa shape index (κ1) is 13.2. The van der Waals surface area contributed by atoms with Crippen molar-refractivity contribution in [1.82, 2.24) is 5.32 Å². The quantitative estimate of drug-likeness (QED) is 0.830. The average Bonchev–Trinajstić information content (AvgIpc) is 2.28. The number of carbonyl (C=O) groups is 1. The van der Waals surface area contributed by atoms with Gasteiger partial charge in [0.05, 0.1) is 17.4 Å². The van der Waals surface area contributed by atoms with Gasteiger partial charge in [-0.05, 0) is 17.7 Å². The van der Waals surface area contributed by atoms with E-state index in [0.29, 0.717) is 11.1 Å². The van der Waals surface area contributed by atoms with Gasteiger partial charge in [-0.1, -0.05) is 12.1 Å². The first-order valence-electron chi connectivity index (χ1n) is 4.87. The van der Waals surface area contributed by atoms with Crippen LogP contribution < -0.4 is 5.32 Å². The highest BCUT2D eigenvalue weighted by molar-refractivity contribution is 7.91. The zero-order valence-electron chi connectivity index (χ0n) is 9.30. The minimum atomic E-state index is -3.46. The SMILES string of the molecule is CNC(=O)CS(=O)(=O)Cc1ccc(C#N)cc1. The fourth-order valence-corrected chi connectivity index (χ4v) is 2.60. The van der Waals surface area contributed by atoms with Crippen molar-refractivity contribution >= 4 is 15.7 Å². The fourth-order valence-electron chi connectivity index (χ4n) is 1.25. The minimum Gasteiger partial charge on any atom is -0.358 e. The topological polar surface area (TPSA) is 87.0 Å². The van der Waals surface area contributed by atoms with Gasteiger partial charge < -0.3 is 5.32 Å². The van der Waals surface area contributed by atoms with Crippen molar-refractivity contribution in [2.24, 2.45) is 0 Å². The smallest absolute Gasteiger partial charge is 0.234 e. The number of nitriles is 1. The average molecular weight is 252 g/mol. The third-order valence-electron chi connectivity index (χ3n) is 2.10. The molecule has 0 saturated heterocycles. The number of nitrogens with one attached hydrogen (secondary N) is 1. The van der Waals surface area contributed by atoms with Gasteiger partial charge in [0.2, 0.25) is 5.91 Å². The van der Waals surface area contributed by atoms with Crippen LogP contribution in [0.4, 0.5) is 0 Å². The van der Waals surface area contributed by atoms with Crippen LogP contribution >= 0.6 is 0 Å². The maximum Gasteiger partial charge on any atom is 0.234 e. The summed E-state index contributed by atoms with van der Waals surface area (Å²) in [5, 5.41) is 10.9. The van der Waals surface area contributed by atoms with Gasteiger partial charge >= 0.3 is 0 Å². The molecule has 0 atom stereocenters.